The molecule has 1 aromatic heterocycles. The molecule has 0 aliphatic carbocycles. The number of nitrogens with two attached hydrogens (primary N) is 1. The normalized spacial score (nSPS) is 20.8. The molecule has 2 N–H and O–H groups in total. The quantitative estimate of drug-likeness (QED) is 0.839. The second kappa shape index (κ2) is 6.15. The van der Waals surface area contributed by atoms with Gasteiger partial charge in [-0.2, -0.15) is 0 Å². The molecule has 6 heteroatoms. The van der Waals surface area contributed by atoms with Crippen LogP contribution in [0, 0.1) is 5.92 Å². The van der Waals surface area contributed by atoms with Gasteiger partial charge >= 0.3 is 5.97 Å². The standard InChI is InChI=1S/C12H19N3O2S/c1-2-17-11(16)9-4-3-5-15(7-9)8-10-6-14-12(13)18-10/h6,9H,2-5,7-8H2,1H3,(H2,13,14)/t9-/m0/s1. The molecule has 1 atom stereocenters. The van der Waals surface area contributed by atoms with Gasteiger partial charge in [-0.05, 0) is 26.3 Å². The maximum atomic E-state index is 11.7. The van der Waals surface area contributed by atoms with Gasteiger partial charge in [-0.25, -0.2) is 4.98 Å². The summed E-state index contributed by atoms with van der Waals surface area (Å²) < 4.78 is 5.09. The number of likely N-dealkylation sites (tertiary alicyclic amines) is 1. The van der Waals surface area contributed by atoms with Crippen molar-refractivity contribution in [3.8, 4) is 0 Å². The number of ether oxygens (including phenoxy) is 1. The van der Waals surface area contributed by atoms with Crippen LogP contribution in [0.1, 0.15) is 24.6 Å². The topological polar surface area (TPSA) is 68.5 Å². The lowest BCUT2D eigenvalue weighted by Gasteiger charge is -2.30. The second-order valence-electron chi connectivity index (χ2n) is 4.49. The molecule has 0 aromatic carbocycles. The van der Waals surface area contributed by atoms with Crippen molar-refractivity contribution in [2.45, 2.75) is 26.3 Å². The van der Waals surface area contributed by atoms with Crippen LogP contribution >= 0.6 is 11.3 Å². The molecule has 0 unspecified atom stereocenters. The fraction of sp³-hybridized carbons (Fsp3) is 0.667. The van der Waals surface area contributed by atoms with Crippen molar-refractivity contribution >= 4 is 22.4 Å². The van der Waals surface area contributed by atoms with Gasteiger partial charge in [-0.15, -0.1) is 11.3 Å². The van der Waals surface area contributed by atoms with E-state index in [1.807, 2.05) is 13.1 Å². The first kappa shape index (κ1) is 13.3. The molecule has 2 heterocycles. The van der Waals surface area contributed by atoms with Crippen molar-refractivity contribution in [1.82, 2.24) is 9.88 Å². The molecule has 1 aromatic rings. The first-order valence-electron chi connectivity index (χ1n) is 6.28. The zero-order valence-electron chi connectivity index (χ0n) is 10.6. The van der Waals surface area contributed by atoms with Crippen LogP contribution in [0.5, 0.6) is 0 Å². The second-order valence-corrected chi connectivity index (χ2v) is 5.64. The van der Waals surface area contributed by atoms with E-state index < -0.39 is 0 Å². The maximum Gasteiger partial charge on any atom is 0.310 e. The number of carbonyl (C=O) groups is 1. The summed E-state index contributed by atoms with van der Waals surface area (Å²) in [6.45, 7) is 4.93. The molecule has 5 nitrogen and oxygen atoms in total. The minimum atomic E-state index is -0.0639. The van der Waals surface area contributed by atoms with Crippen LogP contribution in [-0.4, -0.2) is 35.5 Å². The van der Waals surface area contributed by atoms with Crippen molar-refractivity contribution in [1.29, 1.82) is 0 Å². The van der Waals surface area contributed by atoms with Crippen LogP contribution in [0.4, 0.5) is 5.13 Å². The number of thiazole rings is 1. The van der Waals surface area contributed by atoms with Gasteiger partial charge in [0, 0.05) is 24.2 Å². The minimum absolute atomic E-state index is 0.0176. The molecule has 0 amide bonds. The number of carbonyl (C=O) groups excluding carboxylic acids is 1. The first-order valence-corrected chi connectivity index (χ1v) is 7.10. The average molecular weight is 269 g/mol. The van der Waals surface area contributed by atoms with Crippen molar-refractivity contribution in [2.24, 2.45) is 5.92 Å². The summed E-state index contributed by atoms with van der Waals surface area (Å²) in [4.78, 5) is 19.2. The van der Waals surface area contributed by atoms with Gasteiger partial charge in [0.15, 0.2) is 5.13 Å². The van der Waals surface area contributed by atoms with Crippen molar-refractivity contribution in [3.05, 3.63) is 11.1 Å². The largest absolute Gasteiger partial charge is 0.466 e. The molecule has 0 bridgehead atoms. The Balaban J connectivity index is 1.88. The van der Waals surface area contributed by atoms with Crippen LogP contribution in [-0.2, 0) is 16.1 Å². The van der Waals surface area contributed by atoms with Gasteiger partial charge in [0.05, 0.1) is 12.5 Å². The Bertz CT molecular complexity index is 408. The highest BCUT2D eigenvalue weighted by Crippen LogP contribution is 2.22. The lowest BCUT2D eigenvalue weighted by molar-refractivity contribution is -0.150. The highest BCUT2D eigenvalue weighted by Gasteiger charge is 2.26. The van der Waals surface area contributed by atoms with Crippen molar-refractivity contribution in [2.75, 3.05) is 25.4 Å². The van der Waals surface area contributed by atoms with E-state index in [1.165, 1.54) is 11.3 Å². The van der Waals surface area contributed by atoms with E-state index in [0.29, 0.717) is 11.7 Å². The molecule has 18 heavy (non-hydrogen) atoms. The van der Waals surface area contributed by atoms with E-state index in [1.54, 1.807) is 0 Å². The summed E-state index contributed by atoms with van der Waals surface area (Å²) in [6.07, 6.45) is 3.78. The van der Waals surface area contributed by atoms with Gasteiger partial charge in [-0.1, -0.05) is 0 Å². The highest BCUT2D eigenvalue weighted by molar-refractivity contribution is 7.15. The minimum Gasteiger partial charge on any atom is -0.466 e. The lowest BCUT2D eigenvalue weighted by Crippen LogP contribution is -2.38. The Morgan fingerprint density at radius 2 is 2.56 bits per heavy atom. The summed E-state index contributed by atoms with van der Waals surface area (Å²) >= 11 is 1.51. The van der Waals surface area contributed by atoms with Crippen molar-refractivity contribution < 1.29 is 9.53 Å². The number of hydrogen-bond donors (Lipinski definition) is 1. The number of piperidine rings is 1. The molecule has 1 aliphatic rings. The zero-order valence-corrected chi connectivity index (χ0v) is 11.4. The fourth-order valence-electron chi connectivity index (χ4n) is 2.27. The molecule has 0 radical (unpaired) electrons. The summed E-state index contributed by atoms with van der Waals surface area (Å²) in [7, 11) is 0. The summed E-state index contributed by atoms with van der Waals surface area (Å²) in [6, 6.07) is 0. The molecule has 1 saturated heterocycles. The Kier molecular flexibility index (Phi) is 4.54. The molecule has 100 valence electrons. The molecule has 1 aliphatic heterocycles. The predicted molar refractivity (Wildman–Crippen MR) is 71.2 cm³/mol. The number of hydrogen-bond acceptors (Lipinski definition) is 6. The molecule has 0 spiro atoms. The molecule has 1 fully saturated rings. The Morgan fingerprint density at radius 1 is 1.72 bits per heavy atom. The van der Waals surface area contributed by atoms with E-state index in [-0.39, 0.29) is 11.9 Å². The van der Waals surface area contributed by atoms with Crippen LogP contribution in [0.3, 0.4) is 0 Å². The van der Waals surface area contributed by atoms with Crippen LogP contribution < -0.4 is 5.73 Å². The Labute approximate surface area is 111 Å². The maximum absolute atomic E-state index is 11.7. The number of nitrogen functional groups attached to an aromatic ring is 1. The van der Waals surface area contributed by atoms with E-state index in [2.05, 4.69) is 9.88 Å². The van der Waals surface area contributed by atoms with Gasteiger partial charge < -0.3 is 10.5 Å². The van der Waals surface area contributed by atoms with E-state index in [4.69, 9.17) is 10.5 Å². The zero-order chi connectivity index (χ0) is 13.0. The SMILES string of the molecule is CCOC(=O)[C@H]1CCCN(Cc2cnc(N)s2)C1. The molecular weight excluding hydrogens is 250 g/mol. The fourth-order valence-corrected chi connectivity index (χ4v) is 2.99. The molecular formula is C12H19N3O2S. The third-order valence-electron chi connectivity index (χ3n) is 3.08. The molecule has 2 rings (SSSR count). The van der Waals surface area contributed by atoms with Gasteiger partial charge in [0.25, 0.3) is 0 Å². The monoisotopic (exact) mass is 269 g/mol. The van der Waals surface area contributed by atoms with E-state index in [9.17, 15) is 4.79 Å². The van der Waals surface area contributed by atoms with E-state index in [0.717, 1.165) is 37.4 Å². The third kappa shape index (κ3) is 3.43. The van der Waals surface area contributed by atoms with Crippen LogP contribution in [0.2, 0.25) is 0 Å². The summed E-state index contributed by atoms with van der Waals surface area (Å²) in [5, 5.41) is 0.601. The Hall–Kier alpha value is -1.14. The number of esters is 1. The van der Waals surface area contributed by atoms with E-state index >= 15 is 0 Å². The average Bonchev–Trinajstić information content (AvgIpc) is 2.75. The number of aromatic nitrogens is 1. The smallest absolute Gasteiger partial charge is 0.310 e. The number of rotatable bonds is 4. The third-order valence-corrected chi connectivity index (χ3v) is 3.89. The van der Waals surface area contributed by atoms with Crippen LogP contribution in [0.15, 0.2) is 6.20 Å². The van der Waals surface area contributed by atoms with Crippen LogP contribution in [0.25, 0.3) is 0 Å². The predicted octanol–water partition coefficient (Wildman–Crippen LogP) is 1.50. The number of nitrogens with zero attached hydrogens (tertiary/aromatic N) is 2. The van der Waals surface area contributed by atoms with Gasteiger partial charge in [-0.3, -0.25) is 9.69 Å². The summed E-state index contributed by atoms with van der Waals surface area (Å²) in [5.41, 5.74) is 5.61. The highest BCUT2D eigenvalue weighted by atomic mass is 32.1. The van der Waals surface area contributed by atoms with Crippen molar-refractivity contribution in [3.63, 3.8) is 0 Å². The Morgan fingerprint density at radius 3 is 3.22 bits per heavy atom. The summed E-state index contributed by atoms with van der Waals surface area (Å²) in [5.74, 6) is -0.0463. The first-order chi connectivity index (χ1) is 8.69. The lowest BCUT2D eigenvalue weighted by atomic mass is 9.98. The van der Waals surface area contributed by atoms with Gasteiger partial charge in [0.1, 0.15) is 0 Å². The van der Waals surface area contributed by atoms with Gasteiger partial charge in [0.2, 0.25) is 0 Å². The number of anilines is 1. The molecule has 0 saturated carbocycles.